The van der Waals surface area contributed by atoms with Crippen molar-refractivity contribution in [3.8, 4) is 0 Å². The molecule has 1 fully saturated rings. The lowest BCUT2D eigenvalue weighted by atomic mass is 9.89. The quantitative estimate of drug-likeness (QED) is 0.620. The maximum atomic E-state index is 13.2. The summed E-state index contributed by atoms with van der Waals surface area (Å²) in [7, 11) is 0. The Morgan fingerprint density at radius 2 is 2.00 bits per heavy atom. The molecule has 0 spiro atoms. The number of aromatic nitrogens is 3. The summed E-state index contributed by atoms with van der Waals surface area (Å²) in [4.78, 5) is 32.7. The SMILES string of the molecule is CCc1cc(CC)c2c(c1)N=C(c1cccnc1N1CCC(c3cnc[nH]3)CC1)CC2=O. The molecule has 6 nitrogen and oxygen atoms in total. The standard InChI is InChI=1S/C26H29N5O/c1-3-17-12-18(4-2)25-22(13-17)30-21(14-24(25)32)20-6-5-9-28-26(20)31-10-7-19(8-11-31)23-15-27-16-29-23/h5-6,9,12-13,15-16,19H,3-4,7-8,10-11,14H2,1-2H3,(H,27,29). The van der Waals surface area contributed by atoms with E-state index in [-0.39, 0.29) is 5.78 Å². The van der Waals surface area contributed by atoms with Crippen LogP contribution in [0, 0.1) is 0 Å². The van der Waals surface area contributed by atoms with Gasteiger partial charge in [-0.2, -0.15) is 0 Å². The topological polar surface area (TPSA) is 74.2 Å². The number of benzene rings is 1. The number of Topliss-reactive ketones (excluding diaryl/α,β-unsaturated/α-hetero) is 1. The van der Waals surface area contributed by atoms with Crippen molar-refractivity contribution in [2.24, 2.45) is 4.99 Å². The fourth-order valence-corrected chi connectivity index (χ4v) is 4.99. The molecule has 5 rings (SSSR count). The molecule has 4 heterocycles. The van der Waals surface area contributed by atoms with Crippen molar-refractivity contribution in [2.45, 2.75) is 51.9 Å². The summed E-state index contributed by atoms with van der Waals surface area (Å²) >= 11 is 0. The Morgan fingerprint density at radius 3 is 2.72 bits per heavy atom. The minimum atomic E-state index is 0.164. The normalized spacial score (nSPS) is 16.8. The molecule has 0 radical (unpaired) electrons. The van der Waals surface area contributed by atoms with Crippen LogP contribution in [0.4, 0.5) is 11.5 Å². The number of aliphatic imine (C=N–C) groups is 1. The van der Waals surface area contributed by atoms with Gasteiger partial charge in [0, 0.05) is 48.2 Å². The van der Waals surface area contributed by atoms with Crippen molar-refractivity contribution >= 4 is 23.0 Å². The van der Waals surface area contributed by atoms with E-state index in [0.717, 1.165) is 72.7 Å². The van der Waals surface area contributed by atoms with E-state index in [9.17, 15) is 4.79 Å². The average molecular weight is 428 g/mol. The number of pyridine rings is 1. The van der Waals surface area contributed by atoms with Gasteiger partial charge in [0.15, 0.2) is 5.78 Å². The molecule has 164 valence electrons. The number of hydrogen-bond acceptors (Lipinski definition) is 5. The highest BCUT2D eigenvalue weighted by atomic mass is 16.1. The molecule has 1 saturated heterocycles. The largest absolute Gasteiger partial charge is 0.356 e. The van der Waals surface area contributed by atoms with Crippen LogP contribution in [0.2, 0.25) is 0 Å². The van der Waals surface area contributed by atoms with Crippen LogP contribution in [0.25, 0.3) is 0 Å². The number of ketones is 1. The molecule has 1 aromatic carbocycles. The van der Waals surface area contributed by atoms with Crippen LogP contribution in [0.15, 0.2) is 48.0 Å². The summed E-state index contributed by atoms with van der Waals surface area (Å²) in [5.41, 5.74) is 6.98. The van der Waals surface area contributed by atoms with Gasteiger partial charge in [0.05, 0.1) is 24.1 Å². The van der Waals surface area contributed by atoms with Gasteiger partial charge in [-0.15, -0.1) is 0 Å². The third kappa shape index (κ3) is 3.74. The minimum absolute atomic E-state index is 0.164. The third-order valence-electron chi connectivity index (χ3n) is 6.76. The zero-order valence-corrected chi connectivity index (χ0v) is 18.8. The number of aryl methyl sites for hydroxylation is 2. The van der Waals surface area contributed by atoms with Crippen molar-refractivity contribution in [2.75, 3.05) is 18.0 Å². The molecule has 1 N–H and O–H groups in total. The number of carbonyl (C=O) groups is 1. The number of H-pyrrole nitrogens is 1. The van der Waals surface area contributed by atoms with Crippen molar-refractivity contribution in [1.82, 2.24) is 15.0 Å². The van der Waals surface area contributed by atoms with E-state index in [4.69, 9.17) is 9.98 Å². The highest BCUT2D eigenvalue weighted by Gasteiger charge is 2.28. The molecule has 0 unspecified atom stereocenters. The smallest absolute Gasteiger partial charge is 0.171 e. The third-order valence-corrected chi connectivity index (χ3v) is 6.76. The van der Waals surface area contributed by atoms with E-state index in [1.807, 2.05) is 18.5 Å². The second kappa shape index (κ2) is 8.69. The van der Waals surface area contributed by atoms with Crippen LogP contribution in [-0.4, -0.2) is 39.5 Å². The summed E-state index contributed by atoms with van der Waals surface area (Å²) < 4.78 is 0. The zero-order valence-electron chi connectivity index (χ0n) is 18.8. The molecule has 0 atom stereocenters. The maximum absolute atomic E-state index is 13.2. The van der Waals surface area contributed by atoms with Gasteiger partial charge in [-0.05, 0) is 55.0 Å². The number of anilines is 1. The van der Waals surface area contributed by atoms with Crippen molar-refractivity contribution in [1.29, 1.82) is 0 Å². The lowest BCUT2D eigenvalue weighted by Gasteiger charge is -2.33. The molecule has 0 saturated carbocycles. The molecular weight excluding hydrogens is 398 g/mol. The molecular formula is C26H29N5O. The first-order valence-corrected chi connectivity index (χ1v) is 11.6. The number of aromatic amines is 1. The van der Waals surface area contributed by atoms with Crippen LogP contribution < -0.4 is 4.90 Å². The van der Waals surface area contributed by atoms with E-state index >= 15 is 0 Å². The zero-order chi connectivity index (χ0) is 22.1. The molecule has 0 bridgehead atoms. The lowest BCUT2D eigenvalue weighted by molar-refractivity contribution is 0.0999. The maximum Gasteiger partial charge on any atom is 0.171 e. The van der Waals surface area contributed by atoms with E-state index < -0.39 is 0 Å². The van der Waals surface area contributed by atoms with Crippen LogP contribution >= 0.6 is 0 Å². The first kappa shape index (κ1) is 20.6. The lowest BCUT2D eigenvalue weighted by Crippen LogP contribution is -2.35. The fraction of sp³-hybridized carbons (Fsp3) is 0.385. The number of imidazole rings is 1. The molecule has 6 heteroatoms. The minimum Gasteiger partial charge on any atom is -0.356 e. The Hall–Kier alpha value is -3.28. The second-order valence-corrected chi connectivity index (χ2v) is 8.66. The van der Waals surface area contributed by atoms with Gasteiger partial charge in [-0.25, -0.2) is 9.97 Å². The summed E-state index contributed by atoms with van der Waals surface area (Å²) in [6, 6.07) is 8.25. The Bertz CT molecular complexity index is 1160. The number of rotatable bonds is 5. The van der Waals surface area contributed by atoms with Crippen molar-refractivity contribution in [3.05, 3.63) is 70.9 Å². The number of carbonyl (C=O) groups excluding carboxylic acids is 1. The van der Waals surface area contributed by atoms with Crippen LogP contribution in [0.5, 0.6) is 0 Å². The predicted octanol–water partition coefficient (Wildman–Crippen LogP) is 5.02. The Morgan fingerprint density at radius 1 is 1.16 bits per heavy atom. The second-order valence-electron chi connectivity index (χ2n) is 8.66. The summed E-state index contributed by atoms with van der Waals surface area (Å²) in [5, 5.41) is 0. The molecule has 0 aliphatic carbocycles. The Balaban J connectivity index is 1.47. The van der Waals surface area contributed by atoms with Gasteiger partial charge >= 0.3 is 0 Å². The number of nitrogens with one attached hydrogen (secondary N) is 1. The van der Waals surface area contributed by atoms with Crippen LogP contribution in [-0.2, 0) is 12.8 Å². The first-order chi connectivity index (χ1) is 15.7. The van der Waals surface area contributed by atoms with Gasteiger partial charge in [-0.3, -0.25) is 9.79 Å². The van der Waals surface area contributed by atoms with Crippen molar-refractivity contribution in [3.63, 3.8) is 0 Å². The first-order valence-electron chi connectivity index (χ1n) is 11.6. The number of nitrogens with zero attached hydrogens (tertiary/aromatic N) is 4. The molecule has 2 aliphatic rings. The number of fused-ring (bicyclic) bond motifs is 1. The van der Waals surface area contributed by atoms with E-state index in [1.54, 1.807) is 6.33 Å². The highest BCUT2D eigenvalue weighted by Crippen LogP contribution is 2.35. The van der Waals surface area contributed by atoms with E-state index in [1.165, 1.54) is 11.3 Å². The molecule has 32 heavy (non-hydrogen) atoms. The summed E-state index contributed by atoms with van der Waals surface area (Å²) in [6.07, 6.45) is 9.72. The van der Waals surface area contributed by atoms with Crippen molar-refractivity contribution < 1.29 is 4.79 Å². The van der Waals surface area contributed by atoms with Crippen LogP contribution in [0.1, 0.15) is 71.8 Å². The van der Waals surface area contributed by atoms with E-state index in [0.29, 0.717) is 12.3 Å². The van der Waals surface area contributed by atoms with Crippen LogP contribution in [0.3, 0.4) is 0 Å². The van der Waals surface area contributed by atoms with E-state index in [2.05, 4.69) is 46.9 Å². The summed E-state index contributed by atoms with van der Waals surface area (Å²) in [6.45, 7) is 6.09. The molecule has 0 amide bonds. The number of piperidine rings is 1. The van der Waals surface area contributed by atoms with Gasteiger partial charge < -0.3 is 9.88 Å². The Labute approximate surface area is 188 Å². The fourth-order valence-electron chi connectivity index (χ4n) is 4.99. The molecule has 3 aromatic rings. The van der Waals surface area contributed by atoms with Gasteiger partial charge in [0.25, 0.3) is 0 Å². The predicted molar refractivity (Wildman–Crippen MR) is 127 cm³/mol. The monoisotopic (exact) mass is 427 g/mol. The van der Waals surface area contributed by atoms with Gasteiger partial charge in [-0.1, -0.05) is 19.9 Å². The Kier molecular flexibility index (Phi) is 5.60. The van der Waals surface area contributed by atoms with Gasteiger partial charge in [0.1, 0.15) is 5.82 Å². The molecule has 2 aliphatic heterocycles. The van der Waals surface area contributed by atoms with Gasteiger partial charge in [0.2, 0.25) is 0 Å². The number of hydrogen-bond donors (Lipinski definition) is 1. The molecule has 2 aromatic heterocycles. The summed E-state index contributed by atoms with van der Waals surface area (Å²) in [5.74, 6) is 1.60. The average Bonchev–Trinajstić information content (AvgIpc) is 3.38. The highest BCUT2D eigenvalue weighted by molar-refractivity contribution is 6.22.